The molecule has 1 fully saturated rings. The predicted molar refractivity (Wildman–Crippen MR) is 85.0 cm³/mol. The van der Waals surface area contributed by atoms with E-state index in [4.69, 9.17) is 14.2 Å². The van der Waals surface area contributed by atoms with Crippen molar-refractivity contribution in [1.29, 1.82) is 0 Å². The Balaban J connectivity index is 1.97. The van der Waals surface area contributed by atoms with Crippen molar-refractivity contribution in [3.8, 4) is 5.75 Å². The van der Waals surface area contributed by atoms with Gasteiger partial charge in [-0.2, -0.15) is 0 Å². The number of nitro groups is 1. The molecular formula is C15H20N2O9. The maximum Gasteiger partial charge on any atom is 0.269 e. The summed E-state index contributed by atoms with van der Waals surface area (Å²) < 4.78 is 16.0. The highest BCUT2D eigenvalue weighted by Crippen LogP contribution is 2.23. The second-order valence-electron chi connectivity index (χ2n) is 5.61. The van der Waals surface area contributed by atoms with E-state index in [0.717, 1.165) is 0 Å². The maximum absolute atomic E-state index is 11.3. The van der Waals surface area contributed by atoms with E-state index >= 15 is 0 Å². The zero-order valence-electron chi connectivity index (χ0n) is 13.8. The van der Waals surface area contributed by atoms with Crippen LogP contribution in [0.5, 0.6) is 5.75 Å². The van der Waals surface area contributed by atoms with Gasteiger partial charge in [-0.1, -0.05) is 0 Å². The van der Waals surface area contributed by atoms with Crippen LogP contribution in [0, 0.1) is 10.1 Å². The lowest BCUT2D eigenvalue weighted by Gasteiger charge is -2.41. The van der Waals surface area contributed by atoms with E-state index in [2.05, 4.69) is 5.32 Å². The van der Waals surface area contributed by atoms with E-state index in [9.17, 15) is 30.2 Å². The molecule has 0 radical (unpaired) electrons. The predicted octanol–water partition coefficient (Wildman–Crippen LogP) is -1.11. The number of aliphatic hydroxyl groups excluding tert-OH is 3. The number of benzene rings is 1. The molecule has 1 aromatic carbocycles. The van der Waals surface area contributed by atoms with Crippen LogP contribution in [-0.4, -0.2) is 70.2 Å². The first-order chi connectivity index (χ1) is 12.3. The van der Waals surface area contributed by atoms with Crippen LogP contribution < -0.4 is 10.1 Å². The number of rotatable bonds is 7. The van der Waals surface area contributed by atoms with Gasteiger partial charge < -0.3 is 34.8 Å². The average molecular weight is 372 g/mol. The molecule has 144 valence electrons. The van der Waals surface area contributed by atoms with Crippen molar-refractivity contribution < 1.29 is 39.2 Å². The molecule has 11 heteroatoms. The fourth-order valence-corrected chi connectivity index (χ4v) is 2.45. The van der Waals surface area contributed by atoms with E-state index in [0.29, 0.717) is 5.75 Å². The van der Waals surface area contributed by atoms with Gasteiger partial charge in [-0.3, -0.25) is 14.9 Å². The van der Waals surface area contributed by atoms with Crippen molar-refractivity contribution in [3.63, 3.8) is 0 Å². The second kappa shape index (κ2) is 8.87. The molecular weight excluding hydrogens is 352 g/mol. The normalized spacial score (nSPS) is 28.4. The summed E-state index contributed by atoms with van der Waals surface area (Å²) in [4.78, 5) is 21.3. The summed E-state index contributed by atoms with van der Waals surface area (Å²) in [6.07, 6.45) is -5.12. The number of ether oxygens (including phenoxy) is 3. The molecule has 0 unspecified atom stereocenters. The van der Waals surface area contributed by atoms with Crippen LogP contribution in [0.2, 0.25) is 0 Å². The van der Waals surface area contributed by atoms with E-state index in [1.165, 1.54) is 31.2 Å². The number of nitro benzene ring substituents is 1. The zero-order chi connectivity index (χ0) is 19.3. The number of amides is 1. The fraction of sp³-hybridized carbons (Fsp3) is 0.533. The number of carbonyl (C=O) groups excluding carboxylic acids is 1. The highest BCUT2D eigenvalue weighted by atomic mass is 16.8. The van der Waals surface area contributed by atoms with Crippen molar-refractivity contribution in [2.45, 2.75) is 37.6 Å². The number of carbonyl (C=O) groups is 1. The van der Waals surface area contributed by atoms with Crippen molar-refractivity contribution >= 4 is 11.6 Å². The van der Waals surface area contributed by atoms with Gasteiger partial charge in [0.1, 0.15) is 30.1 Å². The number of nitrogens with one attached hydrogen (secondary N) is 1. The van der Waals surface area contributed by atoms with E-state index in [-0.39, 0.29) is 12.5 Å². The Bertz CT molecular complexity index is 624. The molecule has 1 aliphatic heterocycles. The summed E-state index contributed by atoms with van der Waals surface area (Å²) in [5.74, 6) is -0.182. The molecule has 0 saturated carbocycles. The van der Waals surface area contributed by atoms with Gasteiger partial charge in [0.25, 0.3) is 5.69 Å². The van der Waals surface area contributed by atoms with Gasteiger partial charge in [0.05, 0.1) is 11.5 Å². The minimum absolute atomic E-state index is 0.0949. The molecule has 5 atom stereocenters. The van der Waals surface area contributed by atoms with Crippen molar-refractivity contribution in [1.82, 2.24) is 5.32 Å². The van der Waals surface area contributed by atoms with Crippen LogP contribution in [0.3, 0.4) is 0 Å². The summed E-state index contributed by atoms with van der Waals surface area (Å²) in [6.45, 7) is 0.301. The number of aliphatic hydroxyl groups is 3. The van der Waals surface area contributed by atoms with Crippen LogP contribution in [0.15, 0.2) is 24.3 Å². The van der Waals surface area contributed by atoms with Gasteiger partial charge in [-0.15, -0.1) is 0 Å². The molecule has 2 rings (SSSR count). The number of hydrogen-bond donors (Lipinski definition) is 4. The molecule has 1 aliphatic rings. The lowest BCUT2D eigenvalue weighted by atomic mass is 9.97. The first-order valence-electron chi connectivity index (χ1n) is 7.72. The Morgan fingerprint density at radius 2 is 1.96 bits per heavy atom. The second-order valence-corrected chi connectivity index (χ2v) is 5.61. The topological polar surface area (TPSA) is 161 Å². The van der Waals surface area contributed by atoms with Gasteiger partial charge in [-0.25, -0.2) is 0 Å². The number of nitrogens with zero attached hydrogens (tertiary/aromatic N) is 1. The van der Waals surface area contributed by atoms with Crippen molar-refractivity contribution in [2.75, 3.05) is 13.4 Å². The van der Waals surface area contributed by atoms with Crippen molar-refractivity contribution in [2.24, 2.45) is 0 Å². The summed E-state index contributed by atoms with van der Waals surface area (Å²) in [6, 6.07) is 4.20. The van der Waals surface area contributed by atoms with Gasteiger partial charge in [0, 0.05) is 19.1 Å². The fourth-order valence-electron chi connectivity index (χ4n) is 2.45. The van der Waals surface area contributed by atoms with Crippen LogP contribution in [-0.2, 0) is 14.3 Å². The first kappa shape index (κ1) is 20.0. The minimum atomic E-state index is -1.42. The SMILES string of the molecule is CC(=O)N[C@H]1[C@H](OCOc2ccc([N+](=O)[O-])cc2)O[C@H](CO)[C@@H](O)[C@@H]1O. The monoisotopic (exact) mass is 372 g/mol. The zero-order valence-corrected chi connectivity index (χ0v) is 13.8. The molecule has 1 saturated heterocycles. The molecule has 0 aliphatic carbocycles. The molecule has 4 N–H and O–H groups in total. The molecule has 1 aromatic rings. The maximum atomic E-state index is 11.3. The minimum Gasteiger partial charge on any atom is -0.467 e. The van der Waals surface area contributed by atoms with Crippen LogP contribution >= 0.6 is 0 Å². The average Bonchev–Trinajstić information content (AvgIpc) is 2.61. The standard InChI is InChI=1S/C15H20N2O9/c1-8(19)16-12-14(21)13(20)11(6-18)26-15(12)25-7-24-10-4-2-9(3-5-10)17(22)23/h2-5,11-15,18,20-21H,6-7H2,1H3,(H,16,19)/t11-,12-,13-,14-,15-/m1/s1. The first-order valence-corrected chi connectivity index (χ1v) is 7.72. The molecule has 0 aromatic heterocycles. The molecule has 1 amide bonds. The summed E-state index contributed by atoms with van der Waals surface area (Å²) in [7, 11) is 0. The number of non-ortho nitro benzene ring substituents is 1. The lowest BCUT2D eigenvalue weighted by Crippen LogP contribution is -2.64. The molecule has 26 heavy (non-hydrogen) atoms. The lowest BCUT2D eigenvalue weighted by molar-refractivity contribution is -0.384. The van der Waals surface area contributed by atoms with Gasteiger partial charge in [-0.05, 0) is 12.1 Å². The number of hydrogen-bond acceptors (Lipinski definition) is 9. The van der Waals surface area contributed by atoms with Crippen LogP contribution in [0.25, 0.3) is 0 Å². The van der Waals surface area contributed by atoms with E-state index in [1.807, 2.05) is 0 Å². The summed E-state index contributed by atoms with van der Waals surface area (Å²) in [5.41, 5.74) is -0.0949. The Labute approximate surface area is 148 Å². The smallest absolute Gasteiger partial charge is 0.269 e. The third-order valence-electron chi connectivity index (χ3n) is 3.76. The molecule has 1 heterocycles. The Morgan fingerprint density at radius 1 is 1.31 bits per heavy atom. The molecule has 0 spiro atoms. The summed E-state index contributed by atoms with van der Waals surface area (Å²) >= 11 is 0. The van der Waals surface area contributed by atoms with Crippen LogP contribution in [0.4, 0.5) is 5.69 Å². The highest BCUT2D eigenvalue weighted by Gasteiger charge is 2.45. The third-order valence-corrected chi connectivity index (χ3v) is 3.76. The highest BCUT2D eigenvalue weighted by molar-refractivity contribution is 5.73. The van der Waals surface area contributed by atoms with Crippen LogP contribution in [0.1, 0.15) is 6.92 Å². The van der Waals surface area contributed by atoms with Crippen molar-refractivity contribution in [3.05, 3.63) is 34.4 Å². The largest absolute Gasteiger partial charge is 0.467 e. The molecule has 11 nitrogen and oxygen atoms in total. The Hall–Kier alpha value is -2.31. The quantitative estimate of drug-likeness (QED) is 0.264. The van der Waals surface area contributed by atoms with E-state index < -0.39 is 48.1 Å². The van der Waals surface area contributed by atoms with Gasteiger partial charge >= 0.3 is 0 Å². The van der Waals surface area contributed by atoms with E-state index in [1.54, 1.807) is 0 Å². The van der Waals surface area contributed by atoms with Gasteiger partial charge in [0.2, 0.25) is 5.91 Å². The third kappa shape index (κ3) is 4.86. The molecule has 0 bridgehead atoms. The Kier molecular flexibility index (Phi) is 6.83. The summed E-state index contributed by atoms with van der Waals surface area (Å²) in [5, 5.41) is 42.2. The van der Waals surface area contributed by atoms with Gasteiger partial charge in [0.15, 0.2) is 13.1 Å². The Morgan fingerprint density at radius 3 is 2.50 bits per heavy atom.